The minimum Gasteiger partial charge on any atom is -0.335 e. The van der Waals surface area contributed by atoms with Gasteiger partial charge in [0.25, 0.3) is 0 Å². The van der Waals surface area contributed by atoms with Gasteiger partial charge in [0.15, 0.2) is 0 Å². The van der Waals surface area contributed by atoms with Gasteiger partial charge in [0, 0.05) is 17.5 Å². The van der Waals surface area contributed by atoms with E-state index >= 15 is 0 Å². The molecule has 0 saturated heterocycles. The van der Waals surface area contributed by atoms with Crippen LogP contribution in [0.5, 0.6) is 0 Å². The Balaban J connectivity index is 2.43. The summed E-state index contributed by atoms with van der Waals surface area (Å²) >= 11 is 1.65. The minimum absolute atomic E-state index is 0.844. The van der Waals surface area contributed by atoms with Gasteiger partial charge < -0.3 is 4.90 Å². The number of anilines is 1. The maximum Gasteiger partial charge on any atom is 0.145 e. The molecule has 1 aliphatic heterocycles. The van der Waals surface area contributed by atoms with Gasteiger partial charge in [-0.15, -0.1) is 0 Å². The highest BCUT2D eigenvalue weighted by atomic mass is 32.2. The maximum absolute atomic E-state index is 10.5. The summed E-state index contributed by atoms with van der Waals surface area (Å²) in [6.07, 6.45) is 2.46. The lowest BCUT2D eigenvalue weighted by Gasteiger charge is -2.16. The van der Waals surface area contributed by atoms with E-state index in [1.54, 1.807) is 17.8 Å². The highest BCUT2D eigenvalue weighted by molar-refractivity contribution is 8.03. The standard InChI is InChI=1S/C11H11NOS/c1-2-12-9-5-3-4-6-10(9)14-11(12)7-8-13/h3-8H,2H2,1H3/b11-7-. The van der Waals surface area contributed by atoms with E-state index in [4.69, 9.17) is 0 Å². The Bertz CT molecular complexity index is 387. The second-order valence-electron chi connectivity index (χ2n) is 2.96. The summed E-state index contributed by atoms with van der Waals surface area (Å²) in [5.41, 5.74) is 1.20. The lowest BCUT2D eigenvalue weighted by atomic mass is 10.3. The first-order valence-corrected chi connectivity index (χ1v) is 5.38. The summed E-state index contributed by atoms with van der Waals surface area (Å²) in [7, 11) is 0. The van der Waals surface area contributed by atoms with E-state index in [-0.39, 0.29) is 0 Å². The molecule has 1 aromatic rings. The summed E-state index contributed by atoms with van der Waals surface area (Å²) in [6, 6.07) is 8.20. The van der Waals surface area contributed by atoms with Crippen molar-refractivity contribution in [3.8, 4) is 0 Å². The van der Waals surface area contributed by atoms with Crippen molar-refractivity contribution in [2.24, 2.45) is 0 Å². The Kier molecular flexibility index (Phi) is 2.59. The molecule has 0 fully saturated rings. The molecule has 2 nitrogen and oxygen atoms in total. The Labute approximate surface area is 87.6 Å². The smallest absolute Gasteiger partial charge is 0.145 e. The highest BCUT2D eigenvalue weighted by Crippen LogP contribution is 2.45. The van der Waals surface area contributed by atoms with Crippen LogP contribution >= 0.6 is 11.8 Å². The minimum atomic E-state index is 0.844. The molecule has 0 atom stereocenters. The molecule has 0 spiro atoms. The van der Waals surface area contributed by atoms with Gasteiger partial charge in [0.1, 0.15) is 6.29 Å². The number of rotatable bonds is 2. The normalized spacial score (nSPS) is 17.2. The van der Waals surface area contributed by atoms with E-state index in [0.29, 0.717) is 0 Å². The summed E-state index contributed by atoms with van der Waals surface area (Å²) in [4.78, 5) is 13.8. The third-order valence-electron chi connectivity index (χ3n) is 2.16. The Morgan fingerprint density at radius 3 is 2.93 bits per heavy atom. The monoisotopic (exact) mass is 205 g/mol. The number of benzene rings is 1. The number of para-hydroxylation sites is 1. The van der Waals surface area contributed by atoms with Crippen molar-refractivity contribution in [3.63, 3.8) is 0 Å². The fraction of sp³-hybridized carbons (Fsp3) is 0.182. The largest absolute Gasteiger partial charge is 0.335 e. The number of aldehydes is 1. The molecule has 1 heterocycles. The second-order valence-corrected chi connectivity index (χ2v) is 4.02. The van der Waals surface area contributed by atoms with Crippen molar-refractivity contribution in [2.45, 2.75) is 11.8 Å². The van der Waals surface area contributed by atoms with Gasteiger partial charge in [0.05, 0.1) is 10.7 Å². The predicted octanol–water partition coefficient (Wildman–Crippen LogP) is 2.66. The molecule has 72 valence electrons. The van der Waals surface area contributed by atoms with Crippen LogP contribution in [0.3, 0.4) is 0 Å². The average molecular weight is 205 g/mol. The van der Waals surface area contributed by atoms with Gasteiger partial charge in [-0.1, -0.05) is 23.9 Å². The number of thioether (sulfide) groups is 1. The molecule has 14 heavy (non-hydrogen) atoms. The van der Waals surface area contributed by atoms with Crippen LogP contribution in [0.4, 0.5) is 5.69 Å². The van der Waals surface area contributed by atoms with Crippen molar-refractivity contribution in [2.75, 3.05) is 11.4 Å². The van der Waals surface area contributed by atoms with E-state index in [2.05, 4.69) is 24.0 Å². The molecule has 2 rings (SSSR count). The molecule has 0 radical (unpaired) electrons. The van der Waals surface area contributed by atoms with Crippen LogP contribution in [0.15, 0.2) is 40.3 Å². The van der Waals surface area contributed by atoms with Gasteiger partial charge in [0.2, 0.25) is 0 Å². The Morgan fingerprint density at radius 2 is 2.21 bits per heavy atom. The van der Waals surface area contributed by atoms with Crippen molar-refractivity contribution in [3.05, 3.63) is 35.4 Å². The van der Waals surface area contributed by atoms with Crippen LogP contribution in [0.25, 0.3) is 0 Å². The predicted molar refractivity (Wildman–Crippen MR) is 59.5 cm³/mol. The zero-order chi connectivity index (χ0) is 9.97. The molecule has 0 aliphatic carbocycles. The molecule has 0 saturated carbocycles. The number of fused-ring (bicyclic) bond motifs is 1. The maximum atomic E-state index is 10.5. The van der Waals surface area contributed by atoms with Crippen LogP contribution in [-0.2, 0) is 4.79 Å². The molecular weight excluding hydrogens is 194 g/mol. The first kappa shape index (κ1) is 9.34. The molecule has 1 aliphatic rings. The summed E-state index contributed by atoms with van der Waals surface area (Å²) in [5.74, 6) is 0. The van der Waals surface area contributed by atoms with Gasteiger partial charge >= 0.3 is 0 Å². The molecule has 0 amide bonds. The SMILES string of the molecule is CCN1/C(=C/C=O)Sc2ccccc21. The Hall–Kier alpha value is -1.22. The van der Waals surface area contributed by atoms with Crippen LogP contribution in [-0.4, -0.2) is 12.8 Å². The fourth-order valence-corrected chi connectivity index (χ4v) is 2.68. The molecule has 0 N–H and O–H groups in total. The highest BCUT2D eigenvalue weighted by Gasteiger charge is 2.22. The average Bonchev–Trinajstić information content (AvgIpc) is 2.55. The molecular formula is C11H11NOS. The number of hydrogen-bond acceptors (Lipinski definition) is 3. The van der Waals surface area contributed by atoms with Crippen LogP contribution in [0.2, 0.25) is 0 Å². The van der Waals surface area contributed by atoms with Gasteiger partial charge in [-0.2, -0.15) is 0 Å². The topological polar surface area (TPSA) is 20.3 Å². The number of hydrogen-bond donors (Lipinski definition) is 0. The zero-order valence-corrected chi connectivity index (χ0v) is 8.75. The van der Waals surface area contributed by atoms with E-state index in [0.717, 1.165) is 17.9 Å². The van der Waals surface area contributed by atoms with Crippen molar-refractivity contribution < 1.29 is 4.79 Å². The molecule has 0 unspecified atom stereocenters. The lowest BCUT2D eigenvalue weighted by Crippen LogP contribution is -2.16. The van der Waals surface area contributed by atoms with Crippen LogP contribution < -0.4 is 4.90 Å². The molecule has 0 bridgehead atoms. The number of nitrogens with zero attached hydrogens (tertiary/aromatic N) is 1. The van der Waals surface area contributed by atoms with Crippen molar-refractivity contribution >= 4 is 23.7 Å². The number of carbonyl (C=O) groups excluding carboxylic acids is 1. The first-order chi connectivity index (χ1) is 6.86. The van der Waals surface area contributed by atoms with Crippen LogP contribution in [0, 0.1) is 0 Å². The van der Waals surface area contributed by atoms with Crippen LogP contribution in [0.1, 0.15) is 6.92 Å². The summed E-state index contributed by atoms with van der Waals surface area (Å²) in [5, 5.41) is 1.02. The summed E-state index contributed by atoms with van der Waals surface area (Å²) in [6.45, 7) is 2.98. The number of carbonyl (C=O) groups is 1. The third-order valence-corrected chi connectivity index (χ3v) is 3.29. The van der Waals surface area contributed by atoms with Gasteiger partial charge in [-0.25, -0.2) is 0 Å². The van der Waals surface area contributed by atoms with Crippen molar-refractivity contribution in [1.82, 2.24) is 0 Å². The number of allylic oxidation sites excluding steroid dienone is 1. The lowest BCUT2D eigenvalue weighted by molar-refractivity contribution is -0.104. The molecule has 3 heteroatoms. The van der Waals surface area contributed by atoms with Gasteiger partial charge in [-0.3, -0.25) is 4.79 Å². The second kappa shape index (κ2) is 3.88. The van der Waals surface area contributed by atoms with E-state index in [1.807, 2.05) is 12.1 Å². The van der Waals surface area contributed by atoms with Crippen molar-refractivity contribution in [1.29, 1.82) is 0 Å². The Morgan fingerprint density at radius 1 is 1.43 bits per heavy atom. The fourth-order valence-electron chi connectivity index (χ4n) is 1.56. The quantitative estimate of drug-likeness (QED) is 0.547. The zero-order valence-electron chi connectivity index (χ0n) is 7.93. The molecule has 1 aromatic carbocycles. The molecule has 0 aromatic heterocycles. The van der Waals surface area contributed by atoms with Gasteiger partial charge in [-0.05, 0) is 19.1 Å². The van der Waals surface area contributed by atoms with E-state index in [1.165, 1.54) is 10.6 Å². The first-order valence-electron chi connectivity index (χ1n) is 4.56. The van der Waals surface area contributed by atoms with E-state index < -0.39 is 0 Å². The summed E-state index contributed by atoms with van der Waals surface area (Å²) < 4.78 is 0. The third kappa shape index (κ3) is 1.44. The van der Waals surface area contributed by atoms with E-state index in [9.17, 15) is 4.79 Å².